The van der Waals surface area contributed by atoms with Crippen LogP contribution in [0.1, 0.15) is 116 Å². The van der Waals surface area contributed by atoms with Crippen LogP contribution in [-0.4, -0.2) is 55.5 Å². The van der Waals surface area contributed by atoms with Gasteiger partial charge >= 0.3 is 0 Å². The van der Waals surface area contributed by atoms with Crippen molar-refractivity contribution in [3.8, 4) is 0 Å². The van der Waals surface area contributed by atoms with Crippen molar-refractivity contribution < 1.29 is 28.4 Å². The molecular formula is C27H46O6. The number of ether oxygens (including phenoxy) is 6. The summed E-state index contributed by atoms with van der Waals surface area (Å²) in [6.07, 6.45) is 19.0. The molecule has 3 saturated heterocycles. The third-order valence-corrected chi connectivity index (χ3v) is 8.38. The molecule has 0 bridgehead atoms. The van der Waals surface area contributed by atoms with E-state index in [1.54, 1.807) is 0 Å². The first-order valence-electron chi connectivity index (χ1n) is 14.2. The molecule has 0 aromatic rings. The Balaban J connectivity index is 1.17. The lowest BCUT2D eigenvalue weighted by atomic mass is 9.94. The third kappa shape index (κ3) is 5.62. The lowest BCUT2D eigenvalue weighted by molar-refractivity contribution is -0.256. The second-order valence-corrected chi connectivity index (χ2v) is 11.0. The second-order valence-electron chi connectivity index (χ2n) is 11.0. The molecule has 0 aromatic carbocycles. The SMILES string of the molecule is CCCCCCCCCOC[C@@H]1O[C@H]2OC3(CCCCC3)O[C@@H]2[C@H]2OC3(CCCCC3)O[C@@H]21. The first-order chi connectivity index (χ1) is 16.2. The Morgan fingerprint density at radius 2 is 1.21 bits per heavy atom. The van der Waals surface area contributed by atoms with E-state index in [1.807, 2.05) is 0 Å². The summed E-state index contributed by atoms with van der Waals surface area (Å²) in [6.45, 7) is 3.59. The van der Waals surface area contributed by atoms with Crippen molar-refractivity contribution in [2.75, 3.05) is 13.2 Å². The summed E-state index contributed by atoms with van der Waals surface area (Å²) in [4.78, 5) is 0. The molecule has 2 aliphatic carbocycles. The molecule has 2 spiro atoms. The van der Waals surface area contributed by atoms with Crippen LogP contribution < -0.4 is 0 Å². The van der Waals surface area contributed by atoms with E-state index in [0.29, 0.717) is 6.61 Å². The van der Waals surface area contributed by atoms with Crippen LogP contribution in [0.2, 0.25) is 0 Å². The Morgan fingerprint density at radius 3 is 1.91 bits per heavy atom. The predicted molar refractivity (Wildman–Crippen MR) is 125 cm³/mol. The molecule has 5 rings (SSSR count). The number of hydrogen-bond acceptors (Lipinski definition) is 6. The average Bonchev–Trinajstić information content (AvgIpc) is 3.37. The number of rotatable bonds is 10. The Kier molecular flexibility index (Phi) is 8.31. The monoisotopic (exact) mass is 466 g/mol. The molecule has 5 aliphatic rings. The van der Waals surface area contributed by atoms with Crippen molar-refractivity contribution in [3.63, 3.8) is 0 Å². The minimum absolute atomic E-state index is 0.129. The van der Waals surface area contributed by atoms with Crippen molar-refractivity contribution in [1.82, 2.24) is 0 Å². The zero-order valence-electron chi connectivity index (χ0n) is 20.8. The van der Waals surface area contributed by atoms with Crippen LogP contribution in [0, 0.1) is 0 Å². The van der Waals surface area contributed by atoms with Crippen LogP contribution in [-0.2, 0) is 28.4 Å². The Labute approximate surface area is 200 Å². The van der Waals surface area contributed by atoms with E-state index in [2.05, 4.69) is 6.92 Å². The maximum atomic E-state index is 6.70. The largest absolute Gasteiger partial charge is 0.379 e. The maximum Gasteiger partial charge on any atom is 0.190 e. The van der Waals surface area contributed by atoms with Crippen LogP contribution in [0.25, 0.3) is 0 Å². The molecule has 6 heteroatoms. The van der Waals surface area contributed by atoms with Gasteiger partial charge in [-0.25, -0.2) is 0 Å². The van der Waals surface area contributed by atoms with Crippen LogP contribution in [0.5, 0.6) is 0 Å². The highest BCUT2D eigenvalue weighted by Crippen LogP contribution is 2.50. The molecule has 2 saturated carbocycles. The van der Waals surface area contributed by atoms with Crippen molar-refractivity contribution in [2.24, 2.45) is 0 Å². The normalized spacial score (nSPS) is 36.8. The first-order valence-corrected chi connectivity index (χ1v) is 14.2. The molecular weight excluding hydrogens is 420 g/mol. The van der Waals surface area contributed by atoms with E-state index in [9.17, 15) is 0 Å². The van der Waals surface area contributed by atoms with Gasteiger partial charge in [-0.3, -0.25) is 0 Å². The number of unbranched alkanes of at least 4 members (excludes halogenated alkanes) is 6. The van der Waals surface area contributed by atoms with E-state index in [1.165, 1.54) is 51.4 Å². The fourth-order valence-electron chi connectivity index (χ4n) is 6.53. The first kappa shape index (κ1) is 24.5. The Bertz CT molecular complexity index is 599. The van der Waals surface area contributed by atoms with Gasteiger partial charge in [0.15, 0.2) is 17.9 Å². The molecule has 3 heterocycles. The van der Waals surface area contributed by atoms with E-state index in [-0.39, 0.29) is 30.7 Å². The molecule has 0 amide bonds. The van der Waals surface area contributed by atoms with Gasteiger partial charge in [-0.05, 0) is 32.1 Å². The fraction of sp³-hybridized carbons (Fsp3) is 1.00. The van der Waals surface area contributed by atoms with Gasteiger partial charge in [-0.15, -0.1) is 0 Å². The standard InChI is InChI=1S/C27H46O6/c1-2-3-4-5-6-7-14-19-28-20-21-22-23(31-26(30-22)15-10-8-11-16-26)24-25(29-21)33-27(32-24)17-12-9-13-18-27/h21-25H,2-20H2,1H3/t21-,22+,23-,24+,25-/m0/s1. The van der Waals surface area contributed by atoms with E-state index in [0.717, 1.165) is 64.4 Å². The molecule has 0 aromatic heterocycles. The zero-order chi connectivity index (χ0) is 22.6. The molecule has 33 heavy (non-hydrogen) atoms. The van der Waals surface area contributed by atoms with Gasteiger partial charge in [-0.1, -0.05) is 58.3 Å². The maximum absolute atomic E-state index is 6.70. The van der Waals surface area contributed by atoms with E-state index < -0.39 is 11.6 Å². The zero-order valence-corrected chi connectivity index (χ0v) is 20.8. The van der Waals surface area contributed by atoms with Crippen LogP contribution in [0.15, 0.2) is 0 Å². The van der Waals surface area contributed by atoms with Gasteiger partial charge in [0.2, 0.25) is 0 Å². The van der Waals surface area contributed by atoms with Gasteiger partial charge in [0.1, 0.15) is 24.4 Å². The summed E-state index contributed by atoms with van der Waals surface area (Å²) in [6, 6.07) is 0. The van der Waals surface area contributed by atoms with Gasteiger partial charge in [0.05, 0.1) is 6.61 Å². The highest BCUT2D eigenvalue weighted by Gasteiger charge is 2.63. The lowest BCUT2D eigenvalue weighted by Gasteiger charge is -2.37. The molecule has 0 unspecified atom stereocenters. The average molecular weight is 467 g/mol. The fourth-order valence-corrected chi connectivity index (χ4v) is 6.53. The Hall–Kier alpha value is -0.240. The van der Waals surface area contributed by atoms with Gasteiger partial charge in [0.25, 0.3) is 0 Å². The molecule has 3 aliphatic heterocycles. The van der Waals surface area contributed by atoms with Crippen molar-refractivity contribution in [2.45, 2.75) is 158 Å². The lowest BCUT2D eigenvalue weighted by Crippen LogP contribution is -2.56. The van der Waals surface area contributed by atoms with Gasteiger partial charge < -0.3 is 28.4 Å². The second kappa shape index (κ2) is 11.2. The summed E-state index contributed by atoms with van der Waals surface area (Å²) >= 11 is 0. The van der Waals surface area contributed by atoms with Gasteiger partial charge in [0, 0.05) is 32.3 Å². The molecule has 5 fully saturated rings. The van der Waals surface area contributed by atoms with Gasteiger partial charge in [-0.2, -0.15) is 0 Å². The summed E-state index contributed by atoms with van der Waals surface area (Å²) < 4.78 is 39.0. The molecule has 6 nitrogen and oxygen atoms in total. The summed E-state index contributed by atoms with van der Waals surface area (Å²) in [7, 11) is 0. The third-order valence-electron chi connectivity index (χ3n) is 8.38. The summed E-state index contributed by atoms with van der Waals surface area (Å²) in [5, 5.41) is 0. The molecule has 5 atom stereocenters. The minimum Gasteiger partial charge on any atom is -0.379 e. The van der Waals surface area contributed by atoms with E-state index >= 15 is 0 Å². The van der Waals surface area contributed by atoms with Crippen LogP contribution in [0.4, 0.5) is 0 Å². The van der Waals surface area contributed by atoms with Crippen molar-refractivity contribution >= 4 is 0 Å². The Morgan fingerprint density at radius 1 is 0.636 bits per heavy atom. The highest BCUT2D eigenvalue weighted by molar-refractivity contribution is 5.03. The number of fused-ring (bicyclic) bond motifs is 3. The number of hydrogen-bond donors (Lipinski definition) is 0. The topological polar surface area (TPSA) is 55.4 Å². The smallest absolute Gasteiger partial charge is 0.190 e. The molecule has 0 N–H and O–H groups in total. The quantitative estimate of drug-likeness (QED) is 0.368. The highest BCUT2D eigenvalue weighted by atomic mass is 16.9. The summed E-state index contributed by atoms with van der Waals surface area (Å²) in [5.74, 6) is -0.953. The molecule has 0 radical (unpaired) electrons. The summed E-state index contributed by atoms with van der Waals surface area (Å²) in [5.41, 5.74) is 0. The minimum atomic E-state index is -0.489. The van der Waals surface area contributed by atoms with Crippen LogP contribution >= 0.6 is 0 Å². The van der Waals surface area contributed by atoms with Crippen LogP contribution in [0.3, 0.4) is 0 Å². The van der Waals surface area contributed by atoms with E-state index in [4.69, 9.17) is 28.4 Å². The van der Waals surface area contributed by atoms with Crippen molar-refractivity contribution in [3.05, 3.63) is 0 Å². The molecule has 190 valence electrons. The van der Waals surface area contributed by atoms with Crippen molar-refractivity contribution in [1.29, 1.82) is 0 Å². The predicted octanol–water partition coefficient (Wildman–Crippen LogP) is 6.00.